The Kier molecular flexibility index (Phi) is 5.72. The van der Waals surface area contributed by atoms with Gasteiger partial charge >= 0.3 is 6.18 Å². The summed E-state index contributed by atoms with van der Waals surface area (Å²) in [5.41, 5.74) is 0.781. The summed E-state index contributed by atoms with van der Waals surface area (Å²) in [6, 6.07) is -0.930. The number of hydrogen-bond donors (Lipinski definition) is 2. The fourth-order valence-corrected chi connectivity index (χ4v) is 6.49. The number of carbonyl (C=O) groups excluding carboxylic acids is 2. The van der Waals surface area contributed by atoms with Crippen molar-refractivity contribution in [2.75, 3.05) is 0 Å². The molecule has 4 fully saturated rings. The van der Waals surface area contributed by atoms with Gasteiger partial charge in [0.2, 0.25) is 11.8 Å². The lowest BCUT2D eigenvalue weighted by molar-refractivity contribution is -0.155. The molecule has 10 nitrogen and oxygen atoms in total. The third kappa shape index (κ3) is 4.62. The zero-order valence-corrected chi connectivity index (χ0v) is 21.6. The highest BCUT2D eigenvalue weighted by molar-refractivity contribution is 5.93. The van der Waals surface area contributed by atoms with Crippen molar-refractivity contribution in [1.82, 2.24) is 35.5 Å². The number of nitrogens with one attached hydrogen (secondary N) is 2. The molecular weight excluding hydrogens is 553 g/mol. The van der Waals surface area contributed by atoms with Gasteiger partial charge in [-0.3, -0.25) is 9.59 Å². The maximum atomic E-state index is 14.0. The molecule has 3 aliphatic carbocycles. The van der Waals surface area contributed by atoms with E-state index in [1.54, 1.807) is 12.3 Å². The maximum absolute atomic E-state index is 14.0. The molecule has 2 amide bonds. The molecule has 0 unspecified atom stereocenters. The minimum Gasteiger partial charge on any atom is -0.344 e. The second-order valence-electron chi connectivity index (χ2n) is 11.9. The predicted molar refractivity (Wildman–Crippen MR) is 129 cm³/mol. The molecule has 1 aliphatic heterocycles. The monoisotopic (exact) mass is 579 g/mol. The van der Waals surface area contributed by atoms with Crippen molar-refractivity contribution >= 4 is 17.5 Å². The number of rotatable bonds is 6. The number of hydrogen-bond acceptors (Lipinski definition) is 7. The van der Waals surface area contributed by atoms with E-state index in [4.69, 9.17) is 4.63 Å². The normalized spacial score (nSPS) is 28.7. The molecule has 3 aromatic rings. The molecule has 3 aromatic heterocycles. The van der Waals surface area contributed by atoms with Crippen LogP contribution in [0, 0.1) is 11.3 Å². The van der Waals surface area contributed by atoms with Crippen LogP contribution in [0.3, 0.4) is 0 Å². The van der Waals surface area contributed by atoms with Crippen molar-refractivity contribution in [3.05, 3.63) is 41.1 Å². The van der Waals surface area contributed by atoms with Gasteiger partial charge in [-0.25, -0.2) is 22.9 Å². The van der Waals surface area contributed by atoms with E-state index in [0.717, 1.165) is 12.8 Å². The van der Waals surface area contributed by atoms with E-state index in [0.29, 0.717) is 22.6 Å². The minimum atomic E-state index is -4.52. The van der Waals surface area contributed by atoms with E-state index in [1.807, 2.05) is 0 Å². The SMILES string of the molecule is O=C(N[C@H](c1cn2ncc([C@H]3C[C@]34C[C@@H](C(F)(F)F)NC4=O)cc2n1)C1CCC(F)(F)CC1)c1nonc1C1CC1. The molecule has 15 heteroatoms. The van der Waals surface area contributed by atoms with Crippen molar-refractivity contribution in [2.45, 2.75) is 87.4 Å². The van der Waals surface area contributed by atoms with Crippen LogP contribution in [-0.2, 0) is 4.79 Å². The summed E-state index contributed by atoms with van der Waals surface area (Å²) in [7, 11) is 0. The van der Waals surface area contributed by atoms with Gasteiger partial charge in [0, 0.05) is 24.7 Å². The molecule has 3 saturated carbocycles. The zero-order valence-electron chi connectivity index (χ0n) is 21.6. The maximum Gasteiger partial charge on any atom is 0.408 e. The Morgan fingerprint density at radius 2 is 1.90 bits per heavy atom. The van der Waals surface area contributed by atoms with E-state index >= 15 is 0 Å². The fraction of sp³-hybridized carbons (Fsp3) is 0.615. The number of nitrogens with zero attached hydrogens (tertiary/aromatic N) is 5. The summed E-state index contributed by atoms with van der Waals surface area (Å²) in [5.74, 6) is -4.57. The Hall–Kier alpha value is -3.65. The molecule has 0 bridgehead atoms. The second-order valence-corrected chi connectivity index (χ2v) is 11.9. The van der Waals surface area contributed by atoms with Gasteiger partial charge in [-0.15, -0.1) is 0 Å². The van der Waals surface area contributed by atoms with Crippen molar-refractivity contribution in [3.8, 4) is 0 Å². The van der Waals surface area contributed by atoms with E-state index < -0.39 is 47.3 Å². The van der Waals surface area contributed by atoms with Crippen LogP contribution < -0.4 is 10.6 Å². The third-order valence-corrected chi connectivity index (χ3v) is 9.09. The van der Waals surface area contributed by atoms with Gasteiger partial charge in [0.15, 0.2) is 11.3 Å². The van der Waals surface area contributed by atoms with Gasteiger partial charge < -0.3 is 10.6 Å². The Morgan fingerprint density at radius 1 is 1.15 bits per heavy atom. The zero-order chi connectivity index (χ0) is 28.7. The number of halogens is 5. The summed E-state index contributed by atoms with van der Waals surface area (Å²) in [6.07, 6.45) is -0.0226. The van der Waals surface area contributed by atoms with Crippen molar-refractivity contribution in [2.24, 2.45) is 11.3 Å². The largest absolute Gasteiger partial charge is 0.408 e. The fourth-order valence-electron chi connectivity index (χ4n) is 6.49. The lowest BCUT2D eigenvalue weighted by Crippen LogP contribution is -2.38. The van der Waals surface area contributed by atoms with E-state index in [2.05, 4.69) is 31.0 Å². The van der Waals surface area contributed by atoms with Gasteiger partial charge in [0.1, 0.15) is 11.7 Å². The van der Waals surface area contributed by atoms with Crippen molar-refractivity contribution in [3.63, 3.8) is 0 Å². The van der Waals surface area contributed by atoms with Gasteiger partial charge in [-0.1, -0.05) is 5.16 Å². The number of fused-ring (bicyclic) bond motifs is 1. The van der Waals surface area contributed by atoms with Crippen LogP contribution in [0.25, 0.3) is 5.65 Å². The molecule has 7 rings (SSSR count). The van der Waals surface area contributed by atoms with Gasteiger partial charge in [0.05, 0.1) is 29.5 Å². The average Bonchev–Trinajstić information content (AvgIpc) is 3.73. The number of alkyl halides is 5. The van der Waals surface area contributed by atoms with Crippen LogP contribution in [-0.4, -0.2) is 54.9 Å². The van der Waals surface area contributed by atoms with Gasteiger partial charge in [-0.05, 0) is 61.2 Å². The van der Waals surface area contributed by atoms with Crippen LogP contribution in [0.1, 0.15) is 96.7 Å². The van der Waals surface area contributed by atoms with Crippen LogP contribution in [0.2, 0.25) is 0 Å². The first-order valence-corrected chi connectivity index (χ1v) is 13.7. The van der Waals surface area contributed by atoms with Crippen LogP contribution in [0.4, 0.5) is 22.0 Å². The molecule has 1 spiro atoms. The third-order valence-electron chi connectivity index (χ3n) is 9.09. The Balaban J connectivity index is 1.16. The van der Waals surface area contributed by atoms with Crippen LogP contribution in [0.15, 0.2) is 23.1 Å². The lowest BCUT2D eigenvalue weighted by atomic mass is 9.81. The number of carbonyl (C=O) groups is 2. The first kappa shape index (κ1) is 26.3. The molecule has 41 heavy (non-hydrogen) atoms. The molecule has 218 valence electrons. The molecule has 1 saturated heterocycles. The Morgan fingerprint density at radius 3 is 2.59 bits per heavy atom. The summed E-state index contributed by atoms with van der Waals surface area (Å²) in [4.78, 5) is 30.4. The molecule has 4 atom stereocenters. The highest BCUT2D eigenvalue weighted by atomic mass is 19.4. The summed E-state index contributed by atoms with van der Waals surface area (Å²) in [6.45, 7) is 0. The molecule has 0 aromatic carbocycles. The van der Waals surface area contributed by atoms with Gasteiger partial charge in [0.25, 0.3) is 5.91 Å². The first-order chi connectivity index (χ1) is 19.4. The van der Waals surface area contributed by atoms with E-state index in [-0.39, 0.29) is 56.1 Å². The number of imidazole rings is 1. The van der Waals surface area contributed by atoms with Crippen LogP contribution in [0.5, 0.6) is 0 Å². The van der Waals surface area contributed by atoms with E-state index in [9.17, 15) is 31.5 Å². The predicted octanol–water partition coefficient (Wildman–Crippen LogP) is 4.21. The Labute approximate surface area is 229 Å². The summed E-state index contributed by atoms with van der Waals surface area (Å²) >= 11 is 0. The standard InChI is InChI=1S/C26H26F5N7O3/c27-25(28)5-3-13(4-6-25)19(35-22(39)21-20(12-1-2-12)36-41-37-21)16-11-38-18(33-16)7-14(10-32-38)15-8-24(15)9-17(26(29,30)31)34-23(24)40/h7,10-13,15,17,19H,1-6,8-9H2,(H,34,40)(H,35,39)/t15-,17+,19+,24+/m1/s1. The molecule has 0 radical (unpaired) electrons. The minimum absolute atomic E-state index is 0.0637. The quantitative estimate of drug-likeness (QED) is 0.419. The first-order valence-electron chi connectivity index (χ1n) is 13.7. The molecular formula is C26H26F5N7O3. The smallest absolute Gasteiger partial charge is 0.344 e. The Bertz CT molecular complexity index is 1520. The summed E-state index contributed by atoms with van der Waals surface area (Å²) in [5, 5.41) is 17.0. The number of aromatic nitrogens is 5. The molecule has 4 heterocycles. The van der Waals surface area contributed by atoms with E-state index in [1.165, 1.54) is 10.7 Å². The highest BCUT2D eigenvalue weighted by Crippen LogP contribution is 2.65. The molecule has 4 aliphatic rings. The number of amides is 2. The summed E-state index contributed by atoms with van der Waals surface area (Å²) < 4.78 is 73.9. The van der Waals surface area contributed by atoms with Gasteiger partial charge in [-0.2, -0.15) is 18.3 Å². The van der Waals surface area contributed by atoms with Crippen LogP contribution >= 0.6 is 0 Å². The second kappa shape index (κ2) is 8.92. The molecule has 2 N–H and O–H groups in total. The average molecular weight is 580 g/mol. The topological polar surface area (TPSA) is 127 Å². The van der Waals surface area contributed by atoms with Crippen molar-refractivity contribution in [1.29, 1.82) is 0 Å². The van der Waals surface area contributed by atoms with Crippen molar-refractivity contribution < 1.29 is 36.2 Å². The highest BCUT2D eigenvalue weighted by Gasteiger charge is 2.68. The lowest BCUT2D eigenvalue weighted by Gasteiger charge is -2.33.